The summed E-state index contributed by atoms with van der Waals surface area (Å²) in [6.45, 7) is 14.5. The van der Waals surface area contributed by atoms with Crippen molar-refractivity contribution in [1.29, 1.82) is 0 Å². The van der Waals surface area contributed by atoms with Crippen molar-refractivity contribution in [3.8, 4) is 17.1 Å². The number of aromatic nitrogens is 4. The number of unbranched alkanes of at least 4 members (excludes halogenated alkanes) is 3. The fourth-order valence-corrected chi connectivity index (χ4v) is 5.16. The lowest BCUT2D eigenvalue weighted by molar-refractivity contribution is -0.123. The van der Waals surface area contributed by atoms with E-state index in [4.69, 9.17) is 16.3 Å². The largest absolute Gasteiger partial charge is 0.480 e. The van der Waals surface area contributed by atoms with Crippen molar-refractivity contribution < 1.29 is 9.53 Å². The van der Waals surface area contributed by atoms with Crippen molar-refractivity contribution in [3.63, 3.8) is 0 Å². The Hall–Kier alpha value is -3.32. The molecule has 1 atom stereocenters. The second-order valence-corrected chi connectivity index (χ2v) is 11.8. The highest BCUT2D eigenvalue weighted by atomic mass is 35.5. The van der Waals surface area contributed by atoms with Crippen LogP contribution >= 0.6 is 11.6 Å². The van der Waals surface area contributed by atoms with Crippen LogP contribution in [0.5, 0.6) is 5.75 Å². The van der Waals surface area contributed by atoms with Gasteiger partial charge in [-0.05, 0) is 69.0 Å². The molecule has 2 N–H and O–H groups in total. The Morgan fingerprint density at radius 2 is 1.82 bits per heavy atom. The molecule has 0 spiro atoms. The Balaban J connectivity index is 1.52. The molecule has 2 aromatic carbocycles. The van der Waals surface area contributed by atoms with Gasteiger partial charge in [-0.2, -0.15) is 5.10 Å². The van der Waals surface area contributed by atoms with E-state index in [0.717, 1.165) is 53.8 Å². The number of aryl methyl sites for hydroxylation is 3. The minimum absolute atomic E-state index is 0.142. The molecule has 1 amide bonds. The first-order chi connectivity index (χ1) is 18.5. The molecule has 4 rings (SSSR count). The van der Waals surface area contributed by atoms with Crippen LogP contribution < -0.4 is 10.1 Å². The molecule has 2 aromatic heterocycles. The van der Waals surface area contributed by atoms with E-state index in [-0.39, 0.29) is 11.3 Å². The number of carbonyl (C=O) groups excluding carboxylic acids is 1. The predicted molar refractivity (Wildman–Crippen MR) is 159 cm³/mol. The number of anilines is 1. The third kappa shape index (κ3) is 6.64. The zero-order valence-electron chi connectivity index (χ0n) is 24.1. The van der Waals surface area contributed by atoms with E-state index in [2.05, 4.69) is 61.2 Å². The van der Waals surface area contributed by atoms with Crippen LogP contribution in [0.2, 0.25) is 5.02 Å². The topological polar surface area (TPSA) is 84.3 Å². The Labute approximate surface area is 236 Å². The SMILES string of the molecule is CCCCCCC(Oc1ccc(C)cc1C)C(=O)Nc1ccc(-c2nn3nc(C(C)(C)C)c(Cl)c3[nH]2)c(C)c1. The van der Waals surface area contributed by atoms with Crippen LogP contribution in [0, 0.1) is 20.8 Å². The molecule has 4 aromatic rings. The predicted octanol–water partition coefficient (Wildman–Crippen LogP) is 7.96. The van der Waals surface area contributed by atoms with Gasteiger partial charge in [-0.1, -0.05) is 76.3 Å². The zero-order valence-corrected chi connectivity index (χ0v) is 24.9. The highest BCUT2D eigenvalue weighted by Gasteiger charge is 2.26. The highest BCUT2D eigenvalue weighted by molar-refractivity contribution is 6.34. The lowest BCUT2D eigenvalue weighted by Gasteiger charge is -2.20. The smallest absolute Gasteiger partial charge is 0.265 e. The monoisotopic (exact) mass is 549 g/mol. The Bertz CT molecular complexity index is 1460. The maximum Gasteiger partial charge on any atom is 0.265 e. The van der Waals surface area contributed by atoms with Crippen molar-refractivity contribution >= 4 is 28.8 Å². The maximum absolute atomic E-state index is 13.4. The number of hydrogen-bond acceptors (Lipinski definition) is 4. The van der Waals surface area contributed by atoms with E-state index >= 15 is 0 Å². The average molecular weight is 550 g/mol. The van der Waals surface area contributed by atoms with Crippen LogP contribution in [-0.4, -0.2) is 31.8 Å². The van der Waals surface area contributed by atoms with Crippen molar-refractivity contribution in [2.75, 3.05) is 5.32 Å². The minimum Gasteiger partial charge on any atom is -0.480 e. The second-order valence-electron chi connectivity index (χ2n) is 11.5. The molecule has 1 unspecified atom stereocenters. The number of H-pyrrole nitrogens is 1. The van der Waals surface area contributed by atoms with Gasteiger partial charge in [-0.3, -0.25) is 4.79 Å². The Morgan fingerprint density at radius 3 is 2.46 bits per heavy atom. The molecule has 0 aliphatic rings. The van der Waals surface area contributed by atoms with E-state index in [1.54, 1.807) is 4.63 Å². The number of amides is 1. The summed E-state index contributed by atoms with van der Waals surface area (Å²) >= 11 is 6.61. The van der Waals surface area contributed by atoms with E-state index in [9.17, 15) is 4.79 Å². The van der Waals surface area contributed by atoms with Crippen LogP contribution in [0.25, 0.3) is 17.0 Å². The zero-order chi connectivity index (χ0) is 28.3. The summed E-state index contributed by atoms with van der Waals surface area (Å²) in [5.74, 6) is 1.28. The van der Waals surface area contributed by atoms with Gasteiger partial charge < -0.3 is 15.0 Å². The standard InChI is InChI=1S/C31H40ClN5O2/c1-8-9-10-11-12-25(39-24-16-13-19(2)17-21(24)4)30(38)33-22-14-15-23(20(3)18-22)28-34-29-26(32)27(31(5,6)7)35-37(29)36-28/h13-18,25H,8-12H2,1-7H3,(H,33,38)(H,34,36). The third-order valence-corrected chi connectivity index (χ3v) is 7.27. The molecule has 7 nitrogen and oxygen atoms in total. The average Bonchev–Trinajstić information content (AvgIpc) is 3.41. The molecular weight excluding hydrogens is 510 g/mol. The van der Waals surface area contributed by atoms with Gasteiger partial charge in [-0.15, -0.1) is 9.73 Å². The van der Waals surface area contributed by atoms with Crippen LogP contribution in [0.1, 0.15) is 82.2 Å². The first-order valence-electron chi connectivity index (χ1n) is 13.8. The fraction of sp³-hybridized carbons (Fsp3) is 0.452. The van der Waals surface area contributed by atoms with Crippen LogP contribution in [0.4, 0.5) is 5.69 Å². The summed E-state index contributed by atoms with van der Waals surface area (Å²) in [7, 11) is 0. The number of fused-ring (bicyclic) bond motifs is 1. The summed E-state index contributed by atoms with van der Waals surface area (Å²) in [5, 5.41) is 12.9. The van der Waals surface area contributed by atoms with E-state index in [1.165, 1.54) is 5.56 Å². The Morgan fingerprint density at radius 1 is 1.05 bits per heavy atom. The van der Waals surface area contributed by atoms with Gasteiger partial charge >= 0.3 is 0 Å². The number of ether oxygens (including phenoxy) is 1. The molecule has 39 heavy (non-hydrogen) atoms. The number of nitrogens with one attached hydrogen (secondary N) is 2. The summed E-state index contributed by atoms with van der Waals surface area (Å²) < 4.78 is 7.81. The van der Waals surface area contributed by atoms with Crippen LogP contribution in [0.3, 0.4) is 0 Å². The van der Waals surface area contributed by atoms with Gasteiger partial charge in [0.15, 0.2) is 17.6 Å². The summed E-state index contributed by atoms with van der Waals surface area (Å²) in [5.41, 5.74) is 6.08. The molecule has 0 saturated heterocycles. The first-order valence-corrected chi connectivity index (χ1v) is 14.2. The van der Waals surface area contributed by atoms with Crippen molar-refractivity contribution in [2.45, 2.75) is 92.1 Å². The number of carbonyl (C=O) groups is 1. The van der Waals surface area contributed by atoms with E-state index in [1.807, 2.05) is 44.2 Å². The van der Waals surface area contributed by atoms with Crippen molar-refractivity contribution in [2.24, 2.45) is 0 Å². The number of nitrogens with zero attached hydrogens (tertiary/aromatic N) is 3. The molecule has 0 radical (unpaired) electrons. The van der Waals surface area contributed by atoms with E-state index < -0.39 is 6.10 Å². The molecule has 0 saturated carbocycles. The van der Waals surface area contributed by atoms with Gasteiger partial charge in [0.1, 0.15) is 10.8 Å². The molecule has 0 aliphatic heterocycles. The summed E-state index contributed by atoms with van der Waals surface area (Å²) in [6.07, 6.45) is 4.41. The molecule has 0 fully saturated rings. The Kier molecular flexibility index (Phi) is 8.70. The number of rotatable bonds is 10. The molecule has 0 aliphatic carbocycles. The van der Waals surface area contributed by atoms with Crippen LogP contribution in [-0.2, 0) is 10.2 Å². The summed E-state index contributed by atoms with van der Waals surface area (Å²) in [4.78, 5) is 16.7. The van der Waals surface area contributed by atoms with Gasteiger partial charge in [0.2, 0.25) is 0 Å². The molecule has 0 bridgehead atoms. The van der Waals surface area contributed by atoms with Crippen molar-refractivity contribution in [3.05, 3.63) is 63.8 Å². The first kappa shape index (κ1) is 28.7. The van der Waals surface area contributed by atoms with Gasteiger partial charge in [0.25, 0.3) is 5.91 Å². The third-order valence-electron chi connectivity index (χ3n) is 6.91. The lowest BCUT2D eigenvalue weighted by Crippen LogP contribution is -2.33. The van der Waals surface area contributed by atoms with Gasteiger partial charge in [0, 0.05) is 16.7 Å². The van der Waals surface area contributed by atoms with Gasteiger partial charge in [0.05, 0.1) is 5.69 Å². The number of hydrogen-bond donors (Lipinski definition) is 2. The normalized spacial score (nSPS) is 12.6. The quantitative estimate of drug-likeness (QED) is 0.196. The van der Waals surface area contributed by atoms with Crippen molar-refractivity contribution in [1.82, 2.24) is 19.8 Å². The minimum atomic E-state index is -0.569. The number of aromatic amines is 1. The maximum atomic E-state index is 13.4. The molecule has 8 heteroatoms. The lowest BCUT2D eigenvalue weighted by atomic mass is 9.92. The summed E-state index contributed by atoms with van der Waals surface area (Å²) in [6, 6.07) is 11.8. The number of halogens is 1. The van der Waals surface area contributed by atoms with Gasteiger partial charge in [-0.25, -0.2) is 0 Å². The van der Waals surface area contributed by atoms with Crippen LogP contribution in [0.15, 0.2) is 36.4 Å². The van der Waals surface area contributed by atoms with E-state index in [0.29, 0.717) is 28.6 Å². The fourth-order valence-electron chi connectivity index (χ4n) is 4.71. The molecule has 208 valence electrons. The number of benzene rings is 2. The molecule has 2 heterocycles. The molecular formula is C31H40ClN5O2. The highest BCUT2D eigenvalue weighted by Crippen LogP contribution is 2.32. The second kappa shape index (κ2) is 11.8.